The fraction of sp³-hybridized carbons (Fsp3) is 0.533. The summed E-state index contributed by atoms with van der Waals surface area (Å²) in [5, 5.41) is 19.1. The van der Waals surface area contributed by atoms with Crippen molar-refractivity contribution in [1.82, 2.24) is 9.88 Å². The Morgan fingerprint density at radius 2 is 2.14 bits per heavy atom. The summed E-state index contributed by atoms with van der Waals surface area (Å²) in [6, 6.07) is 0.907. The summed E-state index contributed by atoms with van der Waals surface area (Å²) in [5.41, 5.74) is 1.47. The van der Waals surface area contributed by atoms with Crippen molar-refractivity contribution in [2.75, 3.05) is 0 Å². The van der Waals surface area contributed by atoms with Crippen LogP contribution in [0.15, 0.2) is 12.3 Å². The largest absolute Gasteiger partial charge is 0.480 e. The summed E-state index contributed by atoms with van der Waals surface area (Å²) >= 11 is 0. The summed E-state index contributed by atoms with van der Waals surface area (Å²) in [4.78, 5) is 29.7. The van der Waals surface area contributed by atoms with Crippen LogP contribution in [0.4, 0.5) is 0 Å². The summed E-state index contributed by atoms with van der Waals surface area (Å²) < 4.78 is 0. The molecule has 0 aromatic carbocycles. The lowest BCUT2D eigenvalue weighted by atomic mass is 10.0. The van der Waals surface area contributed by atoms with Crippen LogP contribution in [0, 0.1) is 12.8 Å². The zero-order chi connectivity index (χ0) is 15.3. The highest BCUT2D eigenvalue weighted by molar-refractivity contribution is 5.99. The first kappa shape index (κ1) is 14.0. The number of aliphatic hydroxyl groups excluding tert-OH is 1. The first-order valence-corrected chi connectivity index (χ1v) is 7.10. The van der Waals surface area contributed by atoms with Crippen LogP contribution in [0.25, 0.3) is 0 Å². The van der Waals surface area contributed by atoms with E-state index in [-0.39, 0.29) is 11.9 Å². The second-order valence-electron chi connectivity index (χ2n) is 5.95. The number of rotatable bonds is 3. The molecule has 2 unspecified atom stereocenters. The predicted octanol–water partition coefficient (Wildman–Crippen LogP) is 1.13. The molecule has 112 valence electrons. The van der Waals surface area contributed by atoms with E-state index in [0.29, 0.717) is 29.2 Å². The minimum atomic E-state index is -0.958. The van der Waals surface area contributed by atoms with Crippen LogP contribution >= 0.6 is 0 Å². The number of hydrogen-bond donors (Lipinski definition) is 2. The fourth-order valence-electron chi connectivity index (χ4n) is 3.20. The molecule has 1 aliphatic heterocycles. The molecule has 6 heteroatoms. The van der Waals surface area contributed by atoms with Gasteiger partial charge in [0.15, 0.2) is 0 Å². The Kier molecular flexibility index (Phi) is 3.20. The molecule has 21 heavy (non-hydrogen) atoms. The van der Waals surface area contributed by atoms with Gasteiger partial charge in [0.25, 0.3) is 5.91 Å². The Morgan fingerprint density at radius 3 is 2.76 bits per heavy atom. The van der Waals surface area contributed by atoms with Crippen molar-refractivity contribution in [3.63, 3.8) is 0 Å². The van der Waals surface area contributed by atoms with E-state index in [1.54, 1.807) is 19.9 Å². The summed E-state index contributed by atoms with van der Waals surface area (Å²) in [6.07, 6.45) is 2.07. The maximum atomic E-state index is 12.8. The molecule has 2 N–H and O–H groups in total. The van der Waals surface area contributed by atoms with Gasteiger partial charge in [-0.15, -0.1) is 0 Å². The summed E-state index contributed by atoms with van der Waals surface area (Å²) in [5.74, 6) is -0.957. The molecule has 0 spiro atoms. The van der Waals surface area contributed by atoms with E-state index >= 15 is 0 Å². The number of amides is 1. The van der Waals surface area contributed by atoms with Crippen molar-refractivity contribution < 1.29 is 19.8 Å². The molecule has 1 aromatic heterocycles. The highest BCUT2D eigenvalue weighted by atomic mass is 16.4. The lowest BCUT2D eigenvalue weighted by Crippen LogP contribution is -2.43. The fourth-order valence-corrected chi connectivity index (χ4v) is 3.20. The van der Waals surface area contributed by atoms with Crippen LogP contribution in [0.5, 0.6) is 0 Å². The first-order valence-electron chi connectivity index (χ1n) is 7.10. The van der Waals surface area contributed by atoms with Crippen LogP contribution in [-0.2, 0) is 4.79 Å². The summed E-state index contributed by atoms with van der Waals surface area (Å²) in [7, 11) is 0. The van der Waals surface area contributed by atoms with Gasteiger partial charge >= 0.3 is 5.97 Å². The van der Waals surface area contributed by atoms with Gasteiger partial charge in [0, 0.05) is 29.1 Å². The summed E-state index contributed by atoms with van der Waals surface area (Å²) in [6.45, 7) is 3.34. The monoisotopic (exact) mass is 290 g/mol. The number of aromatic nitrogens is 1. The van der Waals surface area contributed by atoms with Crippen LogP contribution in [0.3, 0.4) is 0 Å². The smallest absolute Gasteiger partial charge is 0.326 e. The Bertz CT molecular complexity index is 614. The first-order chi connectivity index (χ1) is 9.90. The second-order valence-corrected chi connectivity index (χ2v) is 5.95. The van der Waals surface area contributed by atoms with Crippen molar-refractivity contribution in [3.8, 4) is 0 Å². The topological polar surface area (TPSA) is 90.7 Å². The lowest BCUT2D eigenvalue weighted by Gasteiger charge is -2.26. The molecule has 2 fully saturated rings. The van der Waals surface area contributed by atoms with Gasteiger partial charge in [0.1, 0.15) is 6.04 Å². The molecule has 1 saturated heterocycles. The minimum absolute atomic E-state index is 0.0360. The van der Waals surface area contributed by atoms with Gasteiger partial charge in [-0.25, -0.2) is 4.79 Å². The SMILES string of the molecule is Cc1cc(C(=O)N2[C@@H](C(=O)O)CC3C[C@H]32)c(C(C)O)cn1. The molecular weight excluding hydrogens is 272 g/mol. The number of nitrogens with zero attached hydrogens (tertiary/aromatic N) is 2. The van der Waals surface area contributed by atoms with Gasteiger partial charge in [0.05, 0.1) is 6.10 Å². The van der Waals surface area contributed by atoms with Crippen molar-refractivity contribution in [2.24, 2.45) is 5.92 Å². The van der Waals surface area contributed by atoms with Gasteiger partial charge in [-0.3, -0.25) is 9.78 Å². The molecule has 1 saturated carbocycles. The Hall–Kier alpha value is -1.95. The van der Waals surface area contributed by atoms with Gasteiger partial charge in [0.2, 0.25) is 0 Å². The Labute approximate surface area is 122 Å². The third-order valence-corrected chi connectivity index (χ3v) is 4.38. The molecule has 1 aliphatic carbocycles. The van der Waals surface area contributed by atoms with E-state index in [1.807, 2.05) is 0 Å². The van der Waals surface area contributed by atoms with Crippen molar-refractivity contribution >= 4 is 11.9 Å². The average Bonchev–Trinajstić information content (AvgIpc) is 3.08. The molecule has 2 heterocycles. The molecule has 3 rings (SSSR count). The number of hydrogen-bond acceptors (Lipinski definition) is 4. The van der Waals surface area contributed by atoms with Crippen LogP contribution in [0.2, 0.25) is 0 Å². The van der Waals surface area contributed by atoms with E-state index < -0.39 is 18.1 Å². The van der Waals surface area contributed by atoms with Crippen molar-refractivity contribution in [1.29, 1.82) is 0 Å². The van der Waals surface area contributed by atoms with Crippen molar-refractivity contribution in [2.45, 2.75) is 44.9 Å². The Morgan fingerprint density at radius 1 is 1.43 bits per heavy atom. The zero-order valence-electron chi connectivity index (χ0n) is 12.0. The normalized spacial score (nSPS) is 28.1. The molecule has 1 amide bonds. The van der Waals surface area contributed by atoms with Crippen LogP contribution in [0.1, 0.15) is 47.5 Å². The zero-order valence-corrected chi connectivity index (χ0v) is 12.0. The number of carboxylic acid groups (broad SMARTS) is 1. The maximum absolute atomic E-state index is 12.8. The third kappa shape index (κ3) is 2.29. The molecule has 6 nitrogen and oxygen atoms in total. The number of aliphatic carboxylic acids is 1. The van der Waals surface area contributed by atoms with E-state index in [9.17, 15) is 19.8 Å². The molecule has 0 bridgehead atoms. The van der Waals surface area contributed by atoms with Gasteiger partial charge in [-0.2, -0.15) is 0 Å². The number of pyridine rings is 1. The lowest BCUT2D eigenvalue weighted by molar-refractivity contribution is -0.141. The molecule has 1 aromatic rings. The molecule has 0 radical (unpaired) electrons. The number of carbonyl (C=O) groups is 2. The van der Waals surface area contributed by atoms with Gasteiger partial charge in [-0.05, 0) is 38.7 Å². The number of aliphatic hydroxyl groups is 1. The molecule has 2 aliphatic rings. The third-order valence-electron chi connectivity index (χ3n) is 4.38. The predicted molar refractivity (Wildman–Crippen MR) is 73.7 cm³/mol. The van der Waals surface area contributed by atoms with Crippen molar-refractivity contribution in [3.05, 3.63) is 29.1 Å². The molecular formula is C15H18N2O4. The second kappa shape index (κ2) is 4.80. The number of carbonyl (C=O) groups excluding carboxylic acids is 1. The highest BCUT2D eigenvalue weighted by Gasteiger charge is 2.56. The van der Waals surface area contributed by atoms with Crippen LogP contribution < -0.4 is 0 Å². The average molecular weight is 290 g/mol. The van der Waals surface area contributed by atoms with E-state index in [2.05, 4.69) is 4.98 Å². The van der Waals surface area contributed by atoms with Gasteiger partial charge in [-0.1, -0.05) is 0 Å². The van der Waals surface area contributed by atoms with E-state index in [4.69, 9.17) is 0 Å². The van der Waals surface area contributed by atoms with E-state index in [0.717, 1.165) is 6.42 Å². The molecule has 4 atom stereocenters. The minimum Gasteiger partial charge on any atom is -0.480 e. The number of piperidine rings is 1. The number of fused-ring (bicyclic) bond motifs is 1. The number of likely N-dealkylation sites (tertiary alicyclic amines) is 1. The highest BCUT2D eigenvalue weighted by Crippen LogP contribution is 2.48. The Balaban J connectivity index is 1.98. The maximum Gasteiger partial charge on any atom is 0.326 e. The standard InChI is InChI=1S/C15H18N2O4/c1-7-3-10(11(6-16-7)8(2)18)14(19)17-12-4-9(12)5-13(17)15(20)21/h3,6,8-9,12-13,18H,4-5H2,1-2H3,(H,20,21)/t8?,9?,12-,13-/m1/s1. The van der Waals surface area contributed by atoms with E-state index in [1.165, 1.54) is 11.1 Å². The number of aryl methyl sites for hydroxylation is 1. The van der Waals surface area contributed by atoms with Gasteiger partial charge < -0.3 is 15.1 Å². The number of carboxylic acids is 1. The van der Waals surface area contributed by atoms with Crippen LogP contribution in [-0.4, -0.2) is 44.1 Å². The quantitative estimate of drug-likeness (QED) is 0.871.